The van der Waals surface area contributed by atoms with Crippen molar-refractivity contribution in [2.45, 2.75) is 180 Å². The molecular formula is C48H84NO8P. The lowest BCUT2D eigenvalue weighted by Crippen LogP contribution is -2.37. The number of ether oxygens (including phenoxy) is 3. The molecule has 10 heteroatoms. The molecule has 4 unspecified atom stereocenters. The molecule has 0 bridgehead atoms. The van der Waals surface area contributed by atoms with Crippen LogP contribution in [0.4, 0.5) is 0 Å². The number of phosphoric acid groups is 1. The molecule has 58 heavy (non-hydrogen) atoms. The van der Waals surface area contributed by atoms with Gasteiger partial charge in [0.1, 0.15) is 19.8 Å². The standard InChI is InChI=1S/C48H84NO8P/c1-6-8-10-11-12-13-14-15-16-17-20-23-26-29-32-36-41-53-43-45(44-55-58(51,52)54-42-40-49(3,4)5)56-48(50)39-35-31-28-25-22-19-18-21-24-27-30-34-38-47-46(57-47)37-33-9-7-2/h9,19,21-22,24,28,30-31,33-34,36,41,45-47H,6-8,10-18,20,23,25-27,29,32,35,37-40,42-44H2,1-5H3/b22-19-,24-21-,31-28-,33-9-,34-30-,41-36-. The number of phosphoric ester groups is 1. The Morgan fingerprint density at radius 2 is 1.17 bits per heavy atom. The van der Waals surface area contributed by atoms with Crippen LogP contribution in [0.5, 0.6) is 0 Å². The highest BCUT2D eigenvalue weighted by Crippen LogP contribution is 2.38. The van der Waals surface area contributed by atoms with Gasteiger partial charge in [0.25, 0.3) is 7.82 Å². The maximum atomic E-state index is 12.7. The van der Waals surface area contributed by atoms with E-state index in [1.807, 2.05) is 39.4 Å². The maximum absolute atomic E-state index is 12.7. The Balaban J connectivity index is 2.29. The van der Waals surface area contributed by atoms with Gasteiger partial charge in [0.05, 0.1) is 46.2 Å². The first-order valence-corrected chi connectivity index (χ1v) is 24.3. The van der Waals surface area contributed by atoms with Crippen LogP contribution in [-0.2, 0) is 32.6 Å². The molecule has 1 saturated heterocycles. The molecule has 1 aliphatic rings. The number of likely N-dealkylation sites (N-methyl/N-ethyl adjacent to an activating group) is 1. The second-order valence-electron chi connectivity index (χ2n) is 16.5. The molecule has 0 amide bonds. The van der Waals surface area contributed by atoms with E-state index in [9.17, 15) is 14.3 Å². The van der Waals surface area contributed by atoms with Crippen LogP contribution in [-0.4, -0.2) is 76.3 Å². The van der Waals surface area contributed by atoms with Crippen LogP contribution >= 0.6 is 7.82 Å². The number of esters is 1. The van der Waals surface area contributed by atoms with E-state index < -0.39 is 19.9 Å². The Hall–Kier alpha value is -2.26. The number of unbranched alkanes of at least 4 members (excludes halogenated alkanes) is 14. The number of rotatable bonds is 40. The molecule has 334 valence electrons. The predicted octanol–water partition coefficient (Wildman–Crippen LogP) is 12.2. The van der Waals surface area contributed by atoms with Crippen molar-refractivity contribution < 1.29 is 42.0 Å². The minimum atomic E-state index is -4.57. The van der Waals surface area contributed by atoms with Gasteiger partial charge in [0, 0.05) is 6.42 Å². The Kier molecular flexibility index (Phi) is 33.9. The number of allylic oxidation sites excluding steroid dienone is 9. The molecule has 1 aliphatic heterocycles. The van der Waals surface area contributed by atoms with E-state index in [2.05, 4.69) is 62.5 Å². The fourth-order valence-corrected chi connectivity index (χ4v) is 6.84. The van der Waals surface area contributed by atoms with Crippen LogP contribution in [0.1, 0.15) is 162 Å². The summed E-state index contributed by atoms with van der Waals surface area (Å²) in [5.41, 5.74) is 0. The third kappa shape index (κ3) is 36.8. The lowest BCUT2D eigenvalue weighted by molar-refractivity contribution is -0.870. The van der Waals surface area contributed by atoms with Gasteiger partial charge in [-0.2, -0.15) is 0 Å². The zero-order valence-electron chi connectivity index (χ0n) is 37.4. The lowest BCUT2D eigenvalue weighted by atomic mass is 10.0. The SMILES string of the molecule is CC/C=C\CC1OC1C/C=C\C/C=C\C/C=C\C/C=C\CCC(=O)OC(CO/C=C\CCCCCCCCCCCCCCCC)COP(=O)([O-])OCC[N+](C)(C)C. The molecule has 0 saturated carbocycles. The fourth-order valence-electron chi connectivity index (χ4n) is 6.11. The first-order chi connectivity index (χ1) is 28.1. The van der Waals surface area contributed by atoms with Crippen molar-refractivity contribution in [3.63, 3.8) is 0 Å². The van der Waals surface area contributed by atoms with Gasteiger partial charge in [0.2, 0.25) is 0 Å². The van der Waals surface area contributed by atoms with E-state index in [4.69, 9.17) is 23.3 Å². The van der Waals surface area contributed by atoms with Crippen molar-refractivity contribution in [1.82, 2.24) is 0 Å². The zero-order chi connectivity index (χ0) is 42.4. The van der Waals surface area contributed by atoms with Gasteiger partial charge in [-0.05, 0) is 63.9 Å². The van der Waals surface area contributed by atoms with Gasteiger partial charge in [-0.1, -0.05) is 158 Å². The van der Waals surface area contributed by atoms with Gasteiger partial charge < -0.3 is 32.6 Å². The van der Waals surface area contributed by atoms with Crippen molar-refractivity contribution in [2.75, 3.05) is 47.5 Å². The van der Waals surface area contributed by atoms with Crippen LogP contribution in [0.15, 0.2) is 73.1 Å². The van der Waals surface area contributed by atoms with Crippen molar-refractivity contribution in [1.29, 1.82) is 0 Å². The molecule has 1 rings (SSSR count). The predicted molar refractivity (Wildman–Crippen MR) is 239 cm³/mol. The summed E-state index contributed by atoms with van der Waals surface area (Å²) in [5.74, 6) is -0.441. The fraction of sp³-hybridized carbons (Fsp3) is 0.729. The normalized spacial score (nSPS) is 17.8. The molecule has 1 heterocycles. The molecule has 0 spiro atoms. The maximum Gasteiger partial charge on any atom is 0.306 e. The summed E-state index contributed by atoms with van der Waals surface area (Å²) in [4.78, 5) is 25.0. The Morgan fingerprint density at radius 1 is 0.655 bits per heavy atom. The Bertz CT molecular complexity index is 1220. The molecule has 0 N–H and O–H groups in total. The minimum Gasteiger partial charge on any atom is -0.756 e. The lowest BCUT2D eigenvalue weighted by Gasteiger charge is -2.28. The van der Waals surface area contributed by atoms with Crippen LogP contribution in [0.2, 0.25) is 0 Å². The molecule has 4 atom stereocenters. The first-order valence-electron chi connectivity index (χ1n) is 22.8. The Labute approximate surface area is 355 Å². The van der Waals surface area contributed by atoms with Gasteiger partial charge >= 0.3 is 5.97 Å². The van der Waals surface area contributed by atoms with E-state index in [1.165, 1.54) is 83.5 Å². The van der Waals surface area contributed by atoms with E-state index in [0.717, 1.165) is 51.4 Å². The third-order valence-electron chi connectivity index (χ3n) is 9.75. The quantitative estimate of drug-likeness (QED) is 0.0114. The molecular weight excluding hydrogens is 750 g/mol. The molecule has 9 nitrogen and oxygen atoms in total. The number of epoxide rings is 1. The van der Waals surface area contributed by atoms with Crippen molar-refractivity contribution in [3.8, 4) is 0 Å². The van der Waals surface area contributed by atoms with Crippen LogP contribution < -0.4 is 4.89 Å². The molecule has 0 aromatic carbocycles. The van der Waals surface area contributed by atoms with Crippen molar-refractivity contribution in [2.24, 2.45) is 0 Å². The van der Waals surface area contributed by atoms with Crippen LogP contribution in [0.25, 0.3) is 0 Å². The highest BCUT2D eigenvalue weighted by Gasteiger charge is 2.35. The average Bonchev–Trinajstić information content (AvgIpc) is 3.93. The molecule has 0 aromatic rings. The number of carbonyl (C=O) groups excluding carboxylic acids is 1. The van der Waals surface area contributed by atoms with Gasteiger partial charge in [-0.15, -0.1) is 0 Å². The van der Waals surface area contributed by atoms with Gasteiger partial charge in [-0.25, -0.2) is 0 Å². The second-order valence-corrected chi connectivity index (χ2v) is 17.9. The van der Waals surface area contributed by atoms with Crippen molar-refractivity contribution in [3.05, 3.63) is 73.1 Å². The first kappa shape index (κ1) is 53.8. The van der Waals surface area contributed by atoms with Gasteiger partial charge in [-0.3, -0.25) is 9.36 Å². The number of carbonyl (C=O) groups is 1. The topological polar surface area (TPSA) is 107 Å². The summed E-state index contributed by atoms with van der Waals surface area (Å²) >= 11 is 0. The highest BCUT2D eigenvalue weighted by molar-refractivity contribution is 7.45. The summed E-state index contributed by atoms with van der Waals surface area (Å²) in [5, 5.41) is 0. The van der Waals surface area contributed by atoms with Crippen LogP contribution in [0, 0.1) is 0 Å². The zero-order valence-corrected chi connectivity index (χ0v) is 38.3. The average molecular weight is 834 g/mol. The van der Waals surface area contributed by atoms with Crippen LogP contribution in [0.3, 0.4) is 0 Å². The van der Waals surface area contributed by atoms with E-state index >= 15 is 0 Å². The summed E-state index contributed by atoms with van der Waals surface area (Å²) in [6.45, 7) is 4.52. The molecule has 0 radical (unpaired) electrons. The number of quaternary nitrogens is 1. The number of hydrogen-bond donors (Lipinski definition) is 0. The summed E-state index contributed by atoms with van der Waals surface area (Å²) in [6.07, 6.45) is 50.6. The van der Waals surface area contributed by atoms with E-state index in [1.54, 1.807) is 6.26 Å². The van der Waals surface area contributed by atoms with Gasteiger partial charge in [0.15, 0.2) is 6.10 Å². The minimum absolute atomic E-state index is 0.00187. The number of nitrogens with zero attached hydrogens (tertiary/aromatic N) is 1. The van der Waals surface area contributed by atoms with E-state index in [0.29, 0.717) is 29.7 Å². The molecule has 0 aromatic heterocycles. The second kappa shape index (κ2) is 36.6. The molecule has 1 fully saturated rings. The smallest absolute Gasteiger partial charge is 0.306 e. The largest absolute Gasteiger partial charge is 0.756 e. The van der Waals surface area contributed by atoms with E-state index in [-0.39, 0.29) is 26.2 Å². The summed E-state index contributed by atoms with van der Waals surface area (Å²) < 4.78 is 40.0. The highest BCUT2D eigenvalue weighted by atomic mass is 31.2. The molecule has 0 aliphatic carbocycles. The monoisotopic (exact) mass is 834 g/mol. The summed E-state index contributed by atoms with van der Waals surface area (Å²) in [6, 6.07) is 0. The van der Waals surface area contributed by atoms with Crippen molar-refractivity contribution >= 4 is 13.8 Å². The number of hydrogen-bond acceptors (Lipinski definition) is 8. The Morgan fingerprint density at radius 3 is 1.72 bits per heavy atom. The summed E-state index contributed by atoms with van der Waals surface area (Å²) in [7, 11) is 1.26. The third-order valence-corrected chi connectivity index (χ3v) is 10.7.